The summed E-state index contributed by atoms with van der Waals surface area (Å²) in [6, 6.07) is 8.11. The van der Waals surface area contributed by atoms with Gasteiger partial charge >= 0.3 is 0 Å². The molecule has 148 valence electrons. The van der Waals surface area contributed by atoms with Crippen LogP contribution in [0.15, 0.2) is 28.6 Å². The highest BCUT2D eigenvalue weighted by Gasteiger charge is 2.09. The van der Waals surface area contributed by atoms with E-state index in [0.29, 0.717) is 29.5 Å². The highest BCUT2D eigenvalue weighted by Crippen LogP contribution is 2.22. The van der Waals surface area contributed by atoms with Crippen molar-refractivity contribution < 1.29 is 9.53 Å². The van der Waals surface area contributed by atoms with E-state index in [0.717, 1.165) is 23.1 Å². The highest BCUT2D eigenvalue weighted by atomic mass is 32.2. The maximum atomic E-state index is 11.7. The smallest absolute Gasteiger partial charge is 0.230 e. The SMILES string of the molecule is CCCNC(=O)CSc1nn(CN(C)Cc2ccc(OCC)cc2)c(=S)s1. The minimum atomic E-state index is 0.0298. The molecule has 2 aromatic rings. The van der Waals surface area contributed by atoms with Crippen LogP contribution in [0.5, 0.6) is 5.75 Å². The van der Waals surface area contributed by atoms with Crippen LogP contribution in [0.1, 0.15) is 25.8 Å². The number of rotatable bonds is 11. The third-order valence-corrected chi connectivity index (χ3v) is 5.99. The lowest BCUT2D eigenvalue weighted by atomic mass is 10.2. The van der Waals surface area contributed by atoms with Gasteiger partial charge in [0, 0.05) is 13.1 Å². The van der Waals surface area contributed by atoms with Crippen LogP contribution < -0.4 is 10.1 Å². The van der Waals surface area contributed by atoms with Gasteiger partial charge in [-0.15, -0.1) is 0 Å². The molecule has 0 radical (unpaired) electrons. The Labute approximate surface area is 173 Å². The van der Waals surface area contributed by atoms with Gasteiger partial charge in [-0.25, -0.2) is 4.68 Å². The Kier molecular flexibility index (Phi) is 9.26. The minimum Gasteiger partial charge on any atom is -0.494 e. The number of carbonyl (C=O) groups is 1. The normalized spacial score (nSPS) is 11.0. The van der Waals surface area contributed by atoms with Crippen LogP contribution in [0.3, 0.4) is 0 Å². The van der Waals surface area contributed by atoms with Crippen molar-refractivity contribution in [2.45, 2.75) is 37.8 Å². The molecule has 0 unspecified atom stereocenters. The predicted molar refractivity (Wildman–Crippen MR) is 114 cm³/mol. The Morgan fingerprint density at radius 2 is 2.11 bits per heavy atom. The van der Waals surface area contributed by atoms with Crippen molar-refractivity contribution in [1.29, 1.82) is 0 Å². The molecule has 9 heteroatoms. The largest absolute Gasteiger partial charge is 0.494 e. The molecule has 0 saturated carbocycles. The number of amides is 1. The van der Waals surface area contributed by atoms with Gasteiger partial charge in [-0.3, -0.25) is 9.69 Å². The van der Waals surface area contributed by atoms with Crippen LogP contribution >= 0.6 is 35.3 Å². The first-order chi connectivity index (χ1) is 13.0. The molecule has 0 bridgehead atoms. The third-order valence-electron chi connectivity index (χ3n) is 3.55. The lowest BCUT2D eigenvalue weighted by Gasteiger charge is -2.16. The molecule has 0 saturated heterocycles. The van der Waals surface area contributed by atoms with Crippen LogP contribution in [-0.2, 0) is 18.0 Å². The van der Waals surface area contributed by atoms with Gasteiger partial charge in [-0.1, -0.05) is 42.2 Å². The zero-order valence-electron chi connectivity index (χ0n) is 15.9. The van der Waals surface area contributed by atoms with E-state index in [-0.39, 0.29) is 5.91 Å². The molecule has 1 aromatic heterocycles. The zero-order chi connectivity index (χ0) is 19.6. The van der Waals surface area contributed by atoms with Gasteiger partial charge in [0.15, 0.2) is 8.29 Å². The van der Waals surface area contributed by atoms with E-state index in [9.17, 15) is 4.79 Å². The summed E-state index contributed by atoms with van der Waals surface area (Å²) in [6.07, 6.45) is 0.935. The van der Waals surface area contributed by atoms with Gasteiger partial charge in [0.1, 0.15) is 5.75 Å². The van der Waals surface area contributed by atoms with Crippen LogP contribution in [0.4, 0.5) is 0 Å². The molecule has 2 rings (SSSR count). The van der Waals surface area contributed by atoms with E-state index in [1.165, 1.54) is 28.7 Å². The summed E-state index contributed by atoms with van der Waals surface area (Å²) >= 11 is 8.28. The third kappa shape index (κ3) is 7.61. The molecule has 0 aliphatic rings. The molecule has 1 N–H and O–H groups in total. The summed E-state index contributed by atoms with van der Waals surface area (Å²) in [4.78, 5) is 13.9. The summed E-state index contributed by atoms with van der Waals surface area (Å²) < 4.78 is 8.81. The molecular formula is C18H26N4O2S3. The number of ether oxygens (including phenoxy) is 1. The van der Waals surface area contributed by atoms with Crippen molar-refractivity contribution in [1.82, 2.24) is 20.0 Å². The highest BCUT2D eigenvalue weighted by molar-refractivity contribution is 8.01. The first-order valence-corrected chi connectivity index (χ1v) is 11.1. The average molecular weight is 427 g/mol. The van der Waals surface area contributed by atoms with Gasteiger partial charge in [0.05, 0.1) is 19.0 Å². The number of carbonyl (C=O) groups excluding carboxylic acids is 1. The summed E-state index contributed by atoms with van der Waals surface area (Å²) in [5.41, 5.74) is 1.20. The van der Waals surface area contributed by atoms with Gasteiger partial charge in [-0.2, -0.15) is 5.10 Å². The molecule has 0 spiro atoms. The maximum Gasteiger partial charge on any atom is 0.230 e. The molecule has 27 heavy (non-hydrogen) atoms. The van der Waals surface area contributed by atoms with Crippen LogP contribution in [-0.4, -0.2) is 46.5 Å². The Hall–Kier alpha value is -1.42. The quantitative estimate of drug-likeness (QED) is 0.436. The molecular weight excluding hydrogens is 400 g/mol. The number of nitrogens with zero attached hydrogens (tertiary/aromatic N) is 3. The van der Waals surface area contributed by atoms with E-state index in [2.05, 4.69) is 27.4 Å². The number of hydrogen-bond donors (Lipinski definition) is 1. The average Bonchev–Trinajstić information content (AvgIpc) is 2.99. The number of hydrogen-bond acceptors (Lipinski definition) is 7. The van der Waals surface area contributed by atoms with Crippen molar-refractivity contribution in [2.75, 3.05) is 26.0 Å². The summed E-state index contributed by atoms with van der Waals surface area (Å²) in [7, 11) is 2.03. The molecule has 1 heterocycles. The fourth-order valence-corrected chi connectivity index (χ4v) is 4.47. The summed E-state index contributed by atoms with van der Waals surface area (Å²) in [5.74, 6) is 1.28. The standard InChI is InChI=1S/C18H26N4O2S3/c1-4-10-19-16(23)12-26-17-20-22(18(25)27-17)13-21(3)11-14-6-8-15(9-7-14)24-5-2/h6-9H,4-5,10-13H2,1-3H3,(H,19,23). The zero-order valence-corrected chi connectivity index (χ0v) is 18.4. The van der Waals surface area contributed by atoms with E-state index in [1.54, 1.807) is 4.68 Å². The van der Waals surface area contributed by atoms with E-state index in [4.69, 9.17) is 17.0 Å². The topological polar surface area (TPSA) is 59.4 Å². The van der Waals surface area contributed by atoms with Crippen molar-refractivity contribution in [3.63, 3.8) is 0 Å². The molecule has 0 fully saturated rings. The molecule has 0 aliphatic heterocycles. The Morgan fingerprint density at radius 3 is 2.78 bits per heavy atom. The minimum absolute atomic E-state index is 0.0298. The van der Waals surface area contributed by atoms with Crippen molar-refractivity contribution >= 4 is 41.2 Å². The predicted octanol–water partition coefficient (Wildman–Crippen LogP) is 3.78. The molecule has 6 nitrogen and oxygen atoms in total. The first kappa shape index (κ1) is 21.9. The van der Waals surface area contributed by atoms with Crippen molar-refractivity contribution in [2.24, 2.45) is 0 Å². The number of benzene rings is 1. The lowest BCUT2D eigenvalue weighted by molar-refractivity contribution is -0.118. The fraction of sp³-hybridized carbons (Fsp3) is 0.500. The number of aromatic nitrogens is 2. The summed E-state index contributed by atoms with van der Waals surface area (Å²) in [6.45, 7) is 6.77. The van der Waals surface area contributed by atoms with Crippen LogP contribution in [0.25, 0.3) is 0 Å². The maximum absolute atomic E-state index is 11.7. The number of thioether (sulfide) groups is 1. The van der Waals surface area contributed by atoms with Gasteiger partial charge < -0.3 is 10.1 Å². The van der Waals surface area contributed by atoms with E-state index >= 15 is 0 Å². The van der Waals surface area contributed by atoms with Gasteiger partial charge in [0.25, 0.3) is 0 Å². The van der Waals surface area contributed by atoms with Gasteiger partial charge in [-0.05, 0) is 50.3 Å². The second-order valence-corrected chi connectivity index (χ2v) is 8.85. The van der Waals surface area contributed by atoms with Crippen LogP contribution in [0.2, 0.25) is 0 Å². The van der Waals surface area contributed by atoms with Gasteiger partial charge in [0.2, 0.25) is 5.91 Å². The summed E-state index contributed by atoms with van der Waals surface area (Å²) in [5, 5.41) is 7.40. The molecule has 1 aromatic carbocycles. The number of nitrogens with one attached hydrogen (secondary N) is 1. The lowest BCUT2D eigenvalue weighted by Crippen LogP contribution is -2.25. The van der Waals surface area contributed by atoms with Crippen LogP contribution in [0, 0.1) is 3.95 Å². The first-order valence-electron chi connectivity index (χ1n) is 8.89. The van der Waals surface area contributed by atoms with Crippen molar-refractivity contribution in [3.8, 4) is 5.75 Å². The second kappa shape index (κ2) is 11.4. The van der Waals surface area contributed by atoms with E-state index < -0.39 is 0 Å². The Balaban J connectivity index is 1.86. The Morgan fingerprint density at radius 1 is 1.37 bits per heavy atom. The van der Waals surface area contributed by atoms with E-state index in [1.807, 2.05) is 33.0 Å². The molecule has 0 aliphatic carbocycles. The fourth-order valence-electron chi connectivity index (χ4n) is 2.33. The van der Waals surface area contributed by atoms with Crippen molar-refractivity contribution in [3.05, 3.63) is 33.8 Å². The Bertz CT molecular complexity index is 774. The monoisotopic (exact) mass is 426 g/mol. The molecule has 0 atom stereocenters. The molecule has 1 amide bonds. The second-order valence-electron chi connectivity index (χ2n) is 6.00.